The van der Waals surface area contributed by atoms with E-state index < -0.39 is 6.10 Å². The first-order valence-electron chi connectivity index (χ1n) is 12.5. The highest BCUT2D eigenvalue weighted by molar-refractivity contribution is 6.04. The minimum absolute atomic E-state index is 0.0305. The predicted molar refractivity (Wildman–Crippen MR) is 148 cm³/mol. The van der Waals surface area contributed by atoms with E-state index in [0.29, 0.717) is 17.5 Å². The molecule has 1 heterocycles. The molecule has 194 valence electrons. The normalized spacial score (nSPS) is 14.5. The van der Waals surface area contributed by atoms with Gasteiger partial charge in [0.2, 0.25) is 0 Å². The Morgan fingerprint density at radius 2 is 1.26 bits per heavy atom. The minimum atomic E-state index is -0.611. The fourth-order valence-corrected chi connectivity index (χ4v) is 4.85. The Labute approximate surface area is 221 Å². The van der Waals surface area contributed by atoms with Gasteiger partial charge in [0, 0.05) is 49.4 Å². The van der Waals surface area contributed by atoms with E-state index in [1.54, 1.807) is 24.3 Å². The highest BCUT2D eigenvalue weighted by Gasteiger charge is 2.36. The summed E-state index contributed by atoms with van der Waals surface area (Å²) in [6.07, 6.45) is -0.0302. The van der Waals surface area contributed by atoms with E-state index in [-0.39, 0.29) is 47.2 Å². The van der Waals surface area contributed by atoms with E-state index in [9.17, 15) is 20.1 Å². The van der Waals surface area contributed by atoms with Crippen molar-refractivity contribution in [3.63, 3.8) is 0 Å². The summed E-state index contributed by atoms with van der Waals surface area (Å²) in [7, 11) is 3.68. The highest BCUT2D eigenvalue weighted by atomic mass is 16.5. The van der Waals surface area contributed by atoms with Gasteiger partial charge in [0.15, 0.2) is 5.78 Å². The molecule has 1 atom stereocenters. The highest BCUT2D eigenvalue weighted by Crippen LogP contribution is 2.49. The first-order valence-corrected chi connectivity index (χ1v) is 12.5. The molecule has 7 heteroatoms. The van der Waals surface area contributed by atoms with Crippen LogP contribution in [0.1, 0.15) is 50.7 Å². The van der Waals surface area contributed by atoms with Crippen LogP contribution in [0.2, 0.25) is 0 Å². The second-order valence-corrected chi connectivity index (χ2v) is 9.43. The van der Waals surface area contributed by atoms with Gasteiger partial charge in [-0.2, -0.15) is 0 Å². The number of phenols is 3. The van der Waals surface area contributed by atoms with Crippen molar-refractivity contribution in [2.45, 2.75) is 25.4 Å². The van der Waals surface area contributed by atoms with Crippen LogP contribution in [0.25, 0.3) is 0 Å². The van der Waals surface area contributed by atoms with Crippen LogP contribution in [0.3, 0.4) is 0 Å². The third-order valence-corrected chi connectivity index (χ3v) is 7.02. The summed E-state index contributed by atoms with van der Waals surface area (Å²) < 4.78 is 6.33. The molecule has 4 aromatic carbocycles. The molecule has 0 fully saturated rings. The molecule has 0 saturated heterocycles. The number of fused-ring (bicyclic) bond motifs is 1. The summed E-state index contributed by atoms with van der Waals surface area (Å²) in [5.41, 5.74) is 5.26. The lowest BCUT2D eigenvalue weighted by molar-refractivity contribution is 0.0842. The van der Waals surface area contributed by atoms with Crippen molar-refractivity contribution in [2.75, 3.05) is 24.7 Å². The fraction of sp³-hybridized carbons (Fsp3) is 0.194. The van der Waals surface area contributed by atoms with Gasteiger partial charge in [-0.15, -0.1) is 0 Å². The molecule has 5 N–H and O–H groups in total. The standard InChI is InChI=1S/C31H30N2O5/c1-32-21-9-3-18(4-10-21)15-24-29(36)25(16-19-5-11-22(33-2)12-6-19)31-28(30(24)37)26(35)17-27(38-31)20-7-13-23(34)14-8-20/h3-14,27,32-34,36-37H,15-17H2,1-2H3. The molecule has 0 saturated carbocycles. The summed E-state index contributed by atoms with van der Waals surface area (Å²) in [6.45, 7) is 0. The molecular weight excluding hydrogens is 480 g/mol. The van der Waals surface area contributed by atoms with Gasteiger partial charge in [0.05, 0.1) is 6.42 Å². The summed E-state index contributed by atoms with van der Waals surface area (Å²) >= 11 is 0. The number of benzene rings is 4. The van der Waals surface area contributed by atoms with Crippen LogP contribution in [0.5, 0.6) is 23.0 Å². The van der Waals surface area contributed by atoms with Crippen molar-refractivity contribution in [1.82, 2.24) is 0 Å². The maximum absolute atomic E-state index is 13.5. The first-order chi connectivity index (χ1) is 18.4. The minimum Gasteiger partial charge on any atom is -0.508 e. The van der Waals surface area contributed by atoms with Crippen molar-refractivity contribution < 1.29 is 24.9 Å². The third-order valence-electron chi connectivity index (χ3n) is 7.02. The quantitative estimate of drug-likeness (QED) is 0.214. The zero-order valence-corrected chi connectivity index (χ0v) is 21.3. The van der Waals surface area contributed by atoms with Gasteiger partial charge in [-0.25, -0.2) is 0 Å². The molecular formula is C31H30N2O5. The number of nitrogens with one attached hydrogen (secondary N) is 2. The van der Waals surface area contributed by atoms with Crippen LogP contribution in [0.15, 0.2) is 72.8 Å². The summed E-state index contributed by atoms with van der Waals surface area (Å²) in [5.74, 6) is -0.291. The van der Waals surface area contributed by atoms with Crippen LogP contribution < -0.4 is 15.4 Å². The van der Waals surface area contributed by atoms with E-state index in [2.05, 4.69) is 10.6 Å². The largest absolute Gasteiger partial charge is 0.508 e. The number of ketones is 1. The van der Waals surface area contributed by atoms with Crippen molar-refractivity contribution in [3.8, 4) is 23.0 Å². The van der Waals surface area contributed by atoms with Gasteiger partial charge < -0.3 is 30.7 Å². The molecule has 0 radical (unpaired) electrons. The number of hydrogen-bond donors (Lipinski definition) is 5. The van der Waals surface area contributed by atoms with E-state index in [1.165, 1.54) is 0 Å². The van der Waals surface area contributed by atoms with Crippen LogP contribution in [-0.2, 0) is 12.8 Å². The van der Waals surface area contributed by atoms with Crippen LogP contribution >= 0.6 is 0 Å². The molecule has 38 heavy (non-hydrogen) atoms. The Morgan fingerprint density at radius 3 is 1.79 bits per heavy atom. The first kappa shape index (κ1) is 25.0. The number of hydrogen-bond acceptors (Lipinski definition) is 7. The Balaban J connectivity index is 1.61. The molecule has 1 aliphatic rings. The van der Waals surface area contributed by atoms with Crippen LogP contribution in [0, 0.1) is 0 Å². The van der Waals surface area contributed by atoms with Gasteiger partial charge in [-0.05, 0) is 53.1 Å². The molecule has 0 spiro atoms. The Morgan fingerprint density at radius 1 is 0.737 bits per heavy atom. The zero-order chi connectivity index (χ0) is 26.8. The Kier molecular flexibility index (Phi) is 6.83. The van der Waals surface area contributed by atoms with E-state index in [0.717, 1.165) is 28.1 Å². The molecule has 1 unspecified atom stereocenters. The molecule has 5 rings (SSSR count). The maximum atomic E-state index is 13.5. The number of phenolic OH excluding ortho intramolecular Hbond substituents is 3. The van der Waals surface area contributed by atoms with Gasteiger partial charge in [-0.3, -0.25) is 4.79 Å². The number of carbonyl (C=O) groups is 1. The lowest BCUT2D eigenvalue weighted by atomic mass is 9.87. The smallest absolute Gasteiger partial charge is 0.174 e. The van der Waals surface area contributed by atoms with Crippen molar-refractivity contribution in [2.24, 2.45) is 0 Å². The van der Waals surface area contributed by atoms with Gasteiger partial charge in [0.25, 0.3) is 0 Å². The average molecular weight is 511 g/mol. The number of Topliss-reactive ketones (excluding diaryl/α,β-unsaturated/α-hetero) is 1. The zero-order valence-electron chi connectivity index (χ0n) is 21.3. The SMILES string of the molecule is CNc1ccc(Cc2c(O)c(Cc3ccc(NC)cc3)c3c(c2O)C(=O)CC(c2ccc(O)cc2)O3)cc1. The third kappa shape index (κ3) is 4.83. The molecule has 0 aromatic heterocycles. The summed E-state index contributed by atoms with van der Waals surface area (Å²) in [5, 5.41) is 38.7. The van der Waals surface area contributed by atoms with Gasteiger partial charge in [-0.1, -0.05) is 36.4 Å². The van der Waals surface area contributed by atoms with Crippen molar-refractivity contribution in [3.05, 3.63) is 106 Å². The van der Waals surface area contributed by atoms with Crippen LogP contribution in [0.4, 0.5) is 11.4 Å². The lowest BCUT2D eigenvalue weighted by Crippen LogP contribution is -2.22. The number of carbonyl (C=O) groups excluding carboxylic acids is 1. The predicted octanol–water partition coefficient (Wildman–Crippen LogP) is 5.77. The lowest BCUT2D eigenvalue weighted by Gasteiger charge is -2.30. The average Bonchev–Trinajstić information content (AvgIpc) is 2.94. The summed E-state index contributed by atoms with van der Waals surface area (Å²) in [4.78, 5) is 13.5. The monoisotopic (exact) mass is 510 g/mol. The number of rotatable bonds is 7. The van der Waals surface area contributed by atoms with Gasteiger partial charge in [0.1, 0.15) is 34.7 Å². The van der Waals surface area contributed by atoms with E-state index in [1.807, 2.05) is 62.6 Å². The Bertz CT molecular complexity index is 1460. The second-order valence-electron chi connectivity index (χ2n) is 9.43. The van der Waals surface area contributed by atoms with E-state index in [4.69, 9.17) is 4.74 Å². The molecule has 0 aliphatic carbocycles. The maximum Gasteiger partial charge on any atom is 0.174 e. The number of aromatic hydroxyl groups is 3. The van der Waals surface area contributed by atoms with Crippen molar-refractivity contribution >= 4 is 17.2 Å². The Hall–Kier alpha value is -4.65. The number of ether oxygens (including phenoxy) is 1. The molecule has 4 aromatic rings. The van der Waals surface area contributed by atoms with Gasteiger partial charge >= 0.3 is 0 Å². The van der Waals surface area contributed by atoms with E-state index >= 15 is 0 Å². The topological polar surface area (TPSA) is 111 Å². The molecule has 0 amide bonds. The fourth-order valence-electron chi connectivity index (χ4n) is 4.85. The molecule has 7 nitrogen and oxygen atoms in total. The summed E-state index contributed by atoms with van der Waals surface area (Å²) in [6, 6.07) is 21.9. The second kappa shape index (κ2) is 10.4. The van der Waals surface area contributed by atoms with Crippen LogP contribution in [-0.4, -0.2) is 35.2 Å². The van der Waals surface area contributed by atoms with Crippen molar-refractivity contribution in [1.29, 1.82) is 0 Å². The number of anilines is 2. The molecule has 0 bridgehead atoms. The molecule has 1 aliphatic heterocycles.